The summed E-state index contributed by atoms with van der Waals surface area (Å²) in [6.07, 6.45) is 1.56. The Kier molecular flexibility index (Phi) is 5.70. The van der Waals surface area contributed by atoms with Crippen molar-refractivity contribution in [2.45, 2.75) is 13.0 Å². The van der Waals surface area contributed by atoms with Crippen LogP contribution in [0.1, 0.15) is 28.9 Å². The molecule has 0 aliphatic rings. The highest BCUT2D eigenvalue weighted by atomic mass is 16.5. The van der Waals surface area contributed by atoms with Gasteiger partial charge in [0.15, 0.2) is 11.5 Å². The van der Waals surface area contributed by atoms with Crippen LogP contribution in [0.5, 0.6) is 11.5 Å². The zero-order valence-corrected chi connectivity index (χ0v) is 19.5. The number of hydrogen-bond donors (Lipinski definition) is 2. The van der Waals surface area contributed by atoms with E-state index in [0.717, 1.165) is 11.3 Å². The van der Waals surface area contributed by atoms with Crippen LogP contribution >= 0.6 is 0 Å². The van der Waals surface area contributed by atoms with E-state index in [1.54, 1.807) is 38.6 Å². The molecule has 3 aromatic carbocycles. The maximum Gasteiger partial charge on any atom is 0.280 e. The molecule has 0 unspecified atom stereocenters. The third kappa shape index (κ3) is 3.99. The zero-order valence-electron chi connectivity index (χ0n) is 19.5. The summed E-state index contributed by atoms with van der Waals surface area (Å²) in [6, 6.07) is 19.8. The van der Waals surface area contributed by atoms with Crippen molar-refractivity contribution in [2.24, 2.45) is 0 Å². The van der Waals surface area contributed by atoms with Crippen LogP contribution < -0.4 is 20.3 Å². The minimum absolute atomic E-state index is 0.197. The van der Waals surface area contributed by atoms with Gasteiger partial charge in [-0.25, -0.2) is 4.68 Å². The summed E-state index contributed by atoms with van der Waals surface area (Å²) in [4.78, 5) is 30.5. The Morgan fingerprint density at radius 2 is 1.74 bits per heavy atom. The first kappa shape index (κ1) is 22.2. The monoisotopic (exact) mass is 468 g/mol. The predicted molar refractivity (Wildman–Crippen MR) is 135 cm³/mol. The molecular weight excluding hydrogens is 444 g/mol. The van der Waals surface area contributed by atoms with Crippen LogP contribution in [0.2, 0.25) is 0 Å². The van der Waals surface area contributed by atoms with Crippen molar-refractivity contribution < 1.29 is 14.3 Å². The maximum atomic E-state index is 13.1. The lowest BCUT2D eigenvalue weighted by molar-refractivity contribution is 0.0940. The Bertz CT molecular complexity index is 1600. The van der Waals surface area contributed by atoms with E-state index in [0.29, 0.717) is 38.9 Å². The first-order chi connectivity index (χ1) is 17.0. The molecule has 0 spiro atoms. The van der Waals surface area contributed by atoms with Crippen molar-refractivity contribution in [3.05, 3.63) is 94.4 Å². The molecule has 5 rings (SSSR count). The van der Waals surface area contributed by atoms with E-state index < -0.39 is 0 Å². The smallest absolute Gasteiger partial charge is 0.280 e. The van der Waals surface area contributed by atoms with Crippen molar-refractivity contribution in [3.8, 4) is 17.2 Å². The van der Waals surface area contributed by atoms with E-state index in [2.05, 4.69) is 15.4 Å². The summed E-state index contributed by atoms with van der Waals surface area (Å²) in [5.74, 6) is 0.977. The number of carbonyl (C=O) groups excluding carboxylic acids is 1. The molecule has 0 saturated carbocycles. The van der Waals surface area contributed by atoms with Gasteiger partial charge in [-0.15, -0.1) is 0 Å². The van der Waals surface area contributed by atoms with Crippen molar-refractivity contribution >= 4 is 27.7 Å². The molecule has 0 radical (unpaired) electrons. The van der Waals surface area contributed by atoms with Gasteiger partial charge in [-0.1, -0.05) is 24.3 Å². The number of fused-ring (bicyclic) bond motifs is 3. The number of nitrogens with one attached hydrogen (secondary N) is 2. The number of pyridine rings is 1. The second kappa shape index (κ2) is 8.98. The van der Waals surface area contributed by atoms with E-state index in [1.807, 2.05) is 55.5 Å². The molecule has 8 heteroatoms. The SMILES string of the molecule is COc1ccc([C@H](C)NC(=O)c2ccc3ncc4c(=O)n(-c5ccccc5)[nH]c4c3c2)cc1OC. The Labute approximate surface area is 201 Å². The van der Waals surface area contributed by atoms with Crippen molar-refractivity contribution in [3.63, 3.8) is 0 Å². The normalized spacial score (nSPS) is 12.0. The van der Waals surface area contributed by atoms with Gasteiger partial charge in [0.2, 0.25) is 0 Å². The highest BCUT2D eigenvalue weighted by Crippen LogP contribution is 2.30. The van der Waals surface area contributed by atoms with Gasteiger partial charge in [0.25, 0.3) is 11.5 Å². The highest BCUT2D eigenvalue weighted by molar-refractivity contribution is 6.06. The number of carbonyl (C=O) groups is 1. The lowest BCUT2D eigenvalue weighted by Gasteiger charge is -2.17. The third-order valence-corrected chi connectivity index (χ3v) is 6.06. The summed E-state index contributed by atoms with van der Waals surface area (Å²) in [6.45, 7) is 1.90. The minimum Gasteiger partial charge on any atom is -0.493 e. The van der Waals surface area contributed by atoms with Crippen LogP contribution in [0.25, 0.3) is 27.5 Å². The number of ether oxygens (including phenoxy) is 2. The van der Waals surface area contributed by atoms with Gasteiger partial charge in [-0.05, 0) is 55.0 Å². The summed E-state index contributed by atoms with van der Waals surface area (Å²) in [5, 5.41) is 7.36. The number of aromatic nitrogens is 3. The molecule has 1 atom stereocenters. The molecule has 0 saturated heterocycles. The molecule has 0 bridgehead atoms. The van der Waals surface area contributed by atoms with Crippen LogP contribution in [0, 0.1) is 0 Å². The molecule has 0 aliphatic carbocycles. The average molecular weight is 469 g/mol. The summed E-state index contributed by atoms with van der Waals surface area (Å²) < 4.78 is 12.1. The van der Waals surface area contributed by atoms with E-state index in [1.165, 1.54) is 4.68 Å². The number of methoxy groups -OCH3 is 2. The average Bonchev–Trinajstić information content (AvgIpc) is 3.25. The molecular formula is C27H24N4O4. The minimum atomic E-state index is -0.272. The Balaban J connectivity index is 1.49. The fraction of sp³-hybridized carbons (Fsp3) is 0.148. The van der Waals surface area contributed by atoms with Crippen LogP contribution in [0.4, 0.5) is 0 Å². The van der Waals surface area contributed by atoms with E-state index in [4.69, 9.17) is 9.47 Å². The molecule has 0 aliphatic heterocycles. The molecule has 2 aromatic heterocycles. The number of amides is 1. The summed E-state index contributed by atoms with van der Waals surface area (Å²) in [5.41, 5.74) is 3.18. The fourth-order valence-electron chi connectivity index (χ4n) is 4.14. The second-order valence-electron chi connectivity index (χ2n) is 8.18. The van der Waals surface area contributed by atoms with Gasteiger partial charge in [-0.2, -0.15) is 0 Å². The molecule has 5 aromatic rings. The number of nitrogens with zero attached hydrogens (tertiary/aromatic N) is 2. The van der Waals surface area contributed by atoms with Crippen molar-refractivity contribution in [2.75, 3.05) is 14.2 Å². The quantitative estimate of drug-likeness (QED) is 0.386. The molecule has 0 fully saturated rings. The van der Waals surface area contributed by atoms with Crippen molar-refractivity contribution in [1.82, 2.24) is 20.1 Å². The summed E-state index contributed by atoms with van der Waals surface area (Å²) in [7, 11) is 3.15. The number of H-pyrrole nitrogens is 1. The van der Waals surface area contributed by atoms with Crippen molar-refractivity contribution in [1.29, 1.82) is 0 Å². The van der Waals surface area contributed by atoms with Gasteiger partial charge in [-0.3, -0.25) is 19.7 Å². The second-order valence-corrected chi connectivity index (χ2v) is 8.18. The van der Waals surface area contributed by atoms with E-state index >= 15 is 0 Å². The van der Waals surface area contributed by atoms with Gasteiger partial charge in [0, 0.05) is 17.1 Å². The number of aromatic amines is 1. The molecule has 35 heavy (non-hydrogen) atoms. The Hall–Kier alpha value is -4.59. The standard InChI is InChI=1S/C27H24N4O4/c1-16(17-10-12-23(34-2)24(14-17)35-3)29-26(32)18-9-11-22-20(13-18)25-21(15-28-22)27(33)31(30-25)19-7-5-4-6-8-19/h4-16,30H,1-3H3,(H,29,32)/t16-/m0/s1. The largest absolute Gasteiger partial charge is 0.493 e. The molecule has 176 valence electrons. The lowest BCUT2D eigenvalue weighted by atomic mass is 10.1. The van der Waals surface area contributed by atoms with Gasteiger partial charge < -0.3 is 14.8 Å². The number of rotatable bonds is 6. The van der Waals surface area contributed by atoms with Crippen LogP contribution in [0.3, 0.4) is 0 Å². The Morgan fingerprint density at radius 1 is 0.971 bits per heavy atom. The zero-order chi connectivity index (χ0) is 24.5. The van der Waals surface area contributed by atoms with Crippen LogP contribution in [-0.4, -0.2) is 34.9 Å². The van der Waals surface area contributed by atoms with Crippen LogP contribution in [0.15, 0.2) is 77.7 Å². The fourth-order valence-corrected chi connectivity index (χ4v) is 4.14. The maximum absolute atomic E-state index is 13.1. The molecule has 8 nitrogen and oxygen atoms in total. The molecule has 2 heterocycles. The first-order valence-corrected chi connectivity index (χ1v) is 11.1. The number of benzene rings is 3. The molecule has 1 amide bonds. The van der Waals surface area contributed by atoms with Gasteiger partial charge in [0.1, 0.15) is 0 Å². The van der Waals surface area contributed by atoms with Gasteiger partial charge >= 0.3 is 0 Å². The van der Waals surface area contributed by atoms with Gasteiger partial charge in [0.05, 0.1) is 42.4 Å². The van der Waals surface area contributed by atoms with E-state index in [-0.39, 0.29) is 17.5 Å². The van der Waals surface area contributed by atoms with E-state index in [9.17, 15) is 9.59 Å². The first-order valence-electron chi connectivity index (χ1n) is 11.1. The van der Waals surface area contributed by atoms with Crippen LogP contribution in [-0.2, 0) is 0 Å². The topological polar surface area (TPSA) is 98.2 Å². The Morgan fingerprint density at radius 3 is 2.49 bits per heavy atom. The highest BCUT2D eigenvalue weighted by Gasteiger charge is 2.17. The molecule has 2 N–H and O–H groups in total. The number of hydrogen-bond acceptors (Lipinski definition) is 5. The number of para-hydroxylation sites is 1. The summed E-state index contributed by atoms with van der Waals surface area (Å²) >= 11 is 0. The lowest BCUT2D eigenvalue weighted by Crippen LogP contribution is -2.26. The third-order valence-electron chi connectivity index (χ3n) is 6.06. The predicted octanol–water partition coefficient (Wildman–Crippen LogP) is 4.38.